The van der Waals surface area contributed by atoms with Crippen LogP contribution in [0.3, 0.4) is 0 Å². The second-order valence-electron chi connectivity index (χ2n) is 12.4. The van der Waals surface area contributed by atoms with Gasteiger partial charge in [0.1, 0.15) is 24.2 Å². The Labute approximate surface area is 255 Å². The zero-order valence-electron chi connectivity index (χ0n) is 26.7. The number of alkyl carbamates (subject to hydrolysis) is 1. The van der Waals surface area contributed by atoms with Crippen molar-refractivity contribution < 1.29 is 38.2 Å². The molecule has 3 N–H and O–H groups in total. The monoisotopic (exact) mass is 603 g/mol. The minimum absolute atomic E-state index is 0.0181. The summed E-state index contributed by atoms with van der Waals surface area (Å²) in [5.74, 6) is -1.84. The van der Waals surface area contributed by atoms with E-state index in [0.717, 1.165) is 0 Å². The van der Waals surface area contributed by atoms with Gasteiger partial charge in [0.05, 0.1) is 6.61 Å². The molecule has 1 aromatic rings. The summed E-state index contributed by atoms with van der Waals surface area (Å²) in [6.45, 7) is 13.3. The van der Waals surface area contributed by atoms with Crippen LogP contribution in [0.15, 0.2) is 24.3 Å². The van der Waals surface area contributed by atoms with Crippen LogP contribution in [-0.4, -0.2) is 54.6 Å². The molecular weight excluding hydrogens is 554 g/mol. The van der Waals surface area contributed by atoms with E-state index >= 15 is 0 Å². The van der Waals surface area contributed by atoms with Gasteiger partial charge in [-0.2, -0.15) is 0 Å². The van der Waals surface area contributed by atoms with Crippen LogP contribution in [0.5, 0.6) is 0 Å². The number of carbonyl (C=O) groups is 6. The summed E-state index contributed by atoms with van der Waals surface area (Å²) in [6.07, 6.45) is 1.13. The molecule has 0 aromatic heterocycles. The van der Waals surface area contributed by atoms with Crippen molar-refractivity contribution in [3.63, 3.8) is 0 Å². The van der Waals surface area contributed by atoms with Gasteiger partial charge in [-0.15, -0.1) is 0 Å². The highest BCUT2D eigenvalue weighted by Crippen LogP contribution is 2.19. The van der Waals surface area contributed by atoms with Crippen molar-refractivity contribution in [2.75, 3.05) is 18.5 Å². The number of hydrogen-bond acceptors (Lipinski definition) is 8. The van der Waals surface area contributed by atoms with Gasteiger partial charge >= 0.3 is 12.1 Å². The van der Waals surface area contributed by atoms with Gasteiger partial charge in [-0.1, -0.05) is 46.8 Å². The van der Waals surface area contributed by atoms with E-state index in [1.807, 2.05) is 34.6 Å². The Morgan fingerprint density at radius 3 is 2.07 bits per heavy atom. The van der Waals surface area contributed by atoms with Crippen molar-refractivity contribution in [2.45, 2.75) is 99.6 Å². The number of nitrogens with one attached hydrogen (secondary N) is 3. The molecule has 0 unspecified atom stereocenters. The highest BCUT2D eigenvalue weighted by molar-refractivity contribution is 5.97. The Balaban J connectivity index is 2.43. The van der Waals surface area contributed by atoms with Crippen molar-refractivity contribution in [3.8, 4) is 0 Å². The van der Waals surface area contributed by atoms with Gasteiger partial charge in [0.2, 0.25) is 11.8 Å². The summed E-state index contributed by atoms with van der Waals surface area (Å²) >= 11 is 0. The molecule has 2 atom stereocenters. The molecule has 1 aromatic carbocycles. The molecule has 0 aliphatic heterocycles. The van der Waals surface area contributed by atoms with Crippen LogP contribution in [0.2, 0.25) is 0 Å². The molecule has 11 heteroatoms. The van der Waals surface area contributed by atoms with Gasteiger partial charge in [0, 0.05) is 43.8 Å². The summed E-state index contributed by atoms with van der Waals surface area (Å²) in [4.78, 5) is 72.6. The maximum atomic E-state index is 12.8. The van der Waals surface area contributed by atoms with Crippen molar-refractivity contribution >= 4 is 41.1 Å². The summed E-state index contributed by atoms with van der Waals surface area (Å²) in [5.41, 5.74) is 1.10. The predicted molar refractivity (Wildman–Crippen MR) is 163 cm³/mol. The molecule has 43 heavy (non-hydrogen) atoms. The number of hydrogen-bond donors (Lipinski definition) is 3. The standard InChI is InChI=1S/C32H49N3O8/c1-21(2)27(18-26(37)11-8-10-22(3)36)30(40)34-23(4)29(39)35-25-15-13-24(14-16-25)19-42-31(41)33-17-9-12-28(38)43-20-32(5,6)7/h13-16,21,23,27H,8-12,17-20H2,1-7H3,(H,33,41)(H,34,40)(H,35,39)/t23-,27-/m0/s1. The molecule has 0 bridgehead atoms. The SMILES string of the molecule is CC(=O)CCCC(=O)C[C@H](C(=O)N[C@@H](C)C(=O)Nc1ccc(COC(=O)NCCCC(=O)OCC(C)(C)C)cc1)C(C)C. The molecule has 0 radical (unpaired) electrons. The van der Waals surface area contributed by atoms with Gasteiger partial charge in [-0.25, -0.2) is 4.79 Å². The summed E-state index contributed by atoms with van der Waals surface area (Å²) in [5, 5.41) is 8.03. The van der Waals surface area contributed by atoms with E-state index in [1.165, 1.54) is 6.92 Å². The van der Waals surface area contributed by atoms with Gasteiger partial charge in [0.25, 0.3) is 0 Å². The molecule has 1 rings (SSSR count). The Morgan fingerprint density at radius 1 is 0.837 bits per heavy atom. The predicted octanol–water partition coefficient (Wildman–Crippen LogP) is 4.72. The molecule has 240 valence electrons. The number of esters is 1. The number of ketones is 2. The van der Waals surface area contributed by atoms with E-state index in [2.05, 4.69) is 16.0 Å². The lowest BCUT2D eigenvalue weighted by molar-refractivity contribution is -0.146. The third kappa shape index (κ3) is 17.1. The maximum Gasteiger partial charge on any atom is 0.407 e. The number of Topliss-reactive ketones (excluding diaryl/α,β-unsaturated/α-hetero) is 2. The van der Waals surface area contributed by atoms with Crippen LogP contribution in [0.1, 0.15) is 92.6 Å². The molecule has 0 saturated heterocycles. The Morgan fingerprint density at radius 2 is 1.49 bits per heavy atom. The molecule has 0 aliphatic carbocycles. The average molecular weight is 604 g/mol. The van der Waals surface area contributed by atoms with Crippen molar-refractivity contribution in [1.82, 2.24) is 10.6 Å². The Hall–Kier alpha value is -3.76. The smallest absolute Gasteiger partial charge is 0.407 e. The fourth-order valence-electron chi connectivity index (χ4n) is 3.83. The molecule has 11 nitrogen and oxygen atoms in total. The highest BCUT2D eigenvalue weighted by Gasteiger charge is 2.27. The number of ether oxygens (including phenoxy) is 2. The number of rotatable bonds is 18. The zero-order chi connectivity index (χ0) is 32.6. The van der Waals surface area contributed by atoms with Crippen LogP contribution in [0, 0.1) is 17.3 Å². The van der Waals surface area contributed by atoms with E-state index in [4.69, 9.17) is 9.47 Å². The maximum absolute atomic E-state index is 12.8. The minimum atomic E-state index is -0.839. The molecule has 0 fully saturated rings. The van der Waals surface area contributed by atoms with Crippen molar-refractivity contribution in [3.05, 3.63) is 29.8 Å². The zero-order valence-corrected chi connectivity index (χ0v) is 26.7. The second kappa shape index (κ2) is 18.7. The van der Waals surface area contributed by atoms with Crippen molar-refractivity contribution in [1.29, 1.82) is 0 Å². The van der Waals surface area contributed by atoms with Crippen LogP contribution < -0.4 is 16.0 Å². The fourth-order valence-corrected chi connectivity index (χ4v) is 3.83. The number of benzene rings is 1. The molecule has 3 amide bonds. The minimum Gasteiger partial charge on any atom is -0.465 e. The molecule has 0 spiro atoms. The molecular formula is C32H49N3O8. The number of amides is 3. The van der Waals surface area contributed by atoms with Crippen molar-refractivity contribution in [2.24, 2.45) is 17.3 Å². The van der Waals surface area contributed by atoms with Gasteiger partial charge < -0.3 is 30.2 Å². The van der Waals surface area contributed by atoms with Gasteiger partial charge in [0.15, 0.2) is 0 Å². The first kappa shape index (κ1) is 37.3. The molecule has 0 aliphatic rings. The van der Waals surface area contributed by atoms with Crippen LogP contribution in [-0.2, 0) is 40.1 Å². The summed E-state index contributed by atoms with van der Waals surface area (Å²) in [7, 11) is 0. The molecule has 0 saturated carbocycles. The van der Waals surface area contributed by atoms with E-state index < -0.39 is 24.0 Å². The largest absolute Gasteiger partial charge is 0.465 e. The number of carbonyl (C=O) groups excluding carboxylic acids is 6. The molecule has 0 heterocycles. The van der Waals surface area contributed by atoms with Gasteiger partial charge in [-0.3, -0.25) is 19.2 Å². The average Bonchev–Trinajstić information content (AvgIpc) is 2.91. The normalized spacial score (nSPS) is 12.6. The third-order valence-electron chi connectivity index (χ3n) is 6.41. The third-order valence-corrected chi connectivity index (χ3v) is 6.41. The fraction of sp³-hybridized carbons (Fsp3) is 0.625. The lowest BCUT2D eigenvalue weighted by atomic mass is 9.88. The Kier molecular flexibility index (Phi) is 16.2. The topological polar surface area (TPSA) is 157 Å². The first-order valence-corrected chi connectivity index (χ1v) is 14.8. The van der Waals surface area contributed by atoms with Crippen LogP contribution in [0.25, 0.3) is 0 Å². The van der Waals surface area contributed by atoms with Crippen LogP contribution >= 0.6 is 0 Å². The number of anilines is 1. The van der Waals surface area contributed by atoms with E-state index in [9.17, 15) is 28.8 Å². The summed E-state index contributed by atoms with van der Waals surface area (Å²) < 4.78 is 10.4. The van der Waals surface area contributed by atoms with E-state index in [0.29, 0.717) is 37.1 Å². The van der Waals surface area contributed by atoms with E-state index in [1.54, 1.807) is 31.2 Å². The van der Waals surface area contributed by atoms with Gasteiger partial charge in [-0.05, 0) is 55.7 Å². The van der Waals surface area contributed by atoms with Crippen LogP contribution in [0.4, 0.5) is 10.5 Å². The Bertz CT molecular complexity index is 1090. The first-order valence-electron chi connectivity index (χ1n) is 14.8. The quantitative estimate of drug-likeness (QED) is 0.161. The lowest BCUT2D eigenvalue weighted by Crippen LogP contribution is -2.45. The highest BCUT2D eigenvalue weighted by atomic mass is 16.5. The second-order valence-corrected chi connectivity index (χ2v) is 12.4. The lowest BCUT2D eigenvalue weighted by Gasteiger charge is -2.22. The summed E-state index contributed by atoms with van der Waals surface area (Å²) in [6, 6.07) is 5.87. The van der Waals surface area contributed by atoms with E-state index in [-0.39, 0.29) is 67.2 Å². The first-order chi connectivity index (χ1) is 20.1.